The van der Waals surface area contributed by atoms with Gasteiger partial charge in [0.05, 0.1) is 5.56 Å². The van der Waals surface area contributed by atoms with Gasteiger partial charge in [-0.2, -0.15) is 0 Å². The van der Waals surface area contributed by atoms with Crippen LogP contribution in [0.4, 0.5) is 10.1 Å². The highest BCUT2D eigenvalue weighted by molar-refractivity contribution is 5.99. The van der Waals surface area contributed by atoms with Crippen LogP contribution in [0, 0.1) is 5.82 Å². The lowest BCUT2D eigenvalue weighted by atomic mass is 10.1. The largest absolute Gasteiger partial charge is 0.466 e. The molecule has 2 aromatic rings. The molecule has 1 fully saturated rings. The third-order valence-electron chi connectivity index (χ3n) is 4.14. The first kappa shape index (κ1) is 14.6. The number of carbonyl (C=O) groups excluding carboxylic acids is 2. The summed E-state index contributed by atoms with van der Waals surface area (Å²) in [5, 5.41) is 5.48. The highest BCUT2D eigenvalue weighted by atomic mass is 19.1. The number of fused-ring (bicyclic) bond motifs is 1. The van der Waals surface area contributed by atoms with E-state index in [-0.39, 0.29) is 36.2 Å². The molecule has 7 heteroatoms. The molecule has 0 radical (unpaired) electrons. The summed E-state index contributed by atoms with van der Waals surface area (Å²) in [6, 6.07) is 8.00. The number of rotatable bonds is 3. The third-order valence-corrected chi connectivity index (χ3v) is 4.14. The number of pyridine rings is 1. The van der Waals surface area contributed by atoms with E-state index in [4.69, 9.17) is 4.74 Å². The molecule has 0 bridgehead atoms. The smallest absolute Gasteiger partial charge is 0.262 e. The molecular formula is C17H14FN3O3. The van der Waals surface area contributed by atoms with E-state index < -0.39 is 0 Å². The molecule has 24 heavy (non-hydrogen) atoms. The molecule has 6 nitrogen and oxygen atoms in total. The molecule has 1 saturated carbocycles. The number of aromatic nitrogens is 1. The highest BCUT2D eigenvalue weighted by Crippen LogP contribution is 2.42. The lowest BCUT2D eigenvalue weighted by molar-refractivity contribution is -0.118. The Balaban J connectivity index is 1.45. The standard InChI is InChI=1S/C17H14FN3O3/c18-12-4-2-1-3-10(12)11-6-13(11)21-16(23)9-5-14-17(19-7-9)24-8-15(22)20-14/h1-5,7,11,13H,6,8H2,(H,20,22)(H,21,23)/t11-,13+/m0/s1. The average molecular weight is 327 g/mol. The predicted octanol–water partition coefficient (Wildman–Crippen LogP) is 1.84. The highest BCUT2D eigenvalue weighted by Gasteiger charge is 2.41. The maximum absolute atomic E-state index is 13.8. The normalized spacial score (nSPS) is 21.3. The molecule has 122 valence electrons. The number of benzene rings is 1. The molecule has 2 atom stereocenters. The lowest BCUT2D eigenvalue weighted by Crippen LogP contribution is -2.29. The van der Waals surface area contributed by atoms with Crippen molar-refractivity contribution in [2.24, 2.45) is 0 Å². The maximum Gasteiger partial charge on any atom is 0.262 e. The van der Waals surface area contributed by atoms with Crippen LogP contribution < -0.4 is 15.4 Å². The summed E-state index contributed by atoms with van der Waals surface area (Å²) in [6.07, 6.45) is 2.09. The van der Waals surface area contributed by atoms with E-state index >= 15 is 0 Å². The van der Waals surface area contributed by atoms with Gasteiger partial charge in [0.2, 0.25) is 5.88 Å². The van der Waals surface area contributed by atoms with Crippen molar-refractivity contribution in [3.05, 3.63) is 53.5 Å². The summed E-state index contributed by atoms with van der Waals surface area (Å²) in [7, 11) is 0. The number of halogens is 1. The van der Waals surface area contributed by atoms with Gasteiger partial charge in [0.1, 0.15) is 11.5 Å². The van der Waals surface area contributed by atoms with Crippen LogP contribution in [0.15, 0.2) is 36.5 Å². The van der Waals surface area contributed by atoms with Crippen molar-refractivity contribution in [3.63, 3.8) is 0 Å². The quantitative estimate of drug-likeness (QED) is 0.901. The number of carbonyl (C=O) groups is 2. The van der Waals surface area contributed by atoms with Gasteiger partial charge in [-0.1, -0.05) is 18.2 Å². The van der Waals surface area contributed by atoms with Gasteiger partial charge in [-0.05, 0) is 24.1 Å². The zero-order valence-corrected chi connectivity index (χ0v) is 12.6. The Labute approximate surface area is 137 Å². The summed E-state index contributed by atoms with van der Waals surface area (Å²) >= 11 is 0. The van der Waals surface area contributed by atoms with Gasteiger partial charge in [0.25, 0.3) is 11.8 Å². The van der Waals surface area contributed by atoms with Gasteiger partial charge in [0.15, 0.2) is 6.61 Å². The van der Waals surface area contributed by atoms with Gasteiger partial charge in [-0.3, -0.25) is 9.59 Å². The first-order valence-corrected chi connectivity index (χ1v) is 7.60. The van der Waals surface area contributed by atoms with E-state index in [1.54, 1.807) is 18.2 Å². The Bertz CT molecular complexity index is 840. The number of amides is 2. The Morgan fingerprint density at radius 1 is 1.38 bits per heavy atom. The number of nitrogens with zero attached hydrogens (tertiary/aromatic N) is 1. The van der Waals surface area contributed by atoms with Crippen LogP contribution in [-0.2, 0) is 4.79 Å². The number of nitrogens with one attached hydrogen (secondary N) is 2. The molecule has 2 N–H and O–H groups in total. The van der Waals surface area contributed by atoms with Crippen LogP contribution >= 0.6 is 0 Å². The predicted molar refractivity (Wildman–Crippen MR) is 83.4 cm³/mol. The second-order valence-corrected chi connectivity index (χ2v) is 5.86. The maximum atomic E-state index is 13.8. The van der Waals surface area contributed by atoms with E-state index in [0.29, 0.717) is 29.1 Å². The molecule has 0 saturated heterocycles. The summed E-state index contributed by atoms with van der Waals surface area (Å²) < 4.78 is 18.9. The number of hydrogen-bond donors (Lipinski definition) is 2. The van der Waals surface area contributed by atoms with E-state index in [1.807, 2.05) is 0 Å². The minimum atomic E-state index is -0.311. The molecule has 2 heterocycles. The fourth-order valence-corrected chi connectivity index (χ4v) is 2.83. The SMILES string of the molecule is O=C1COc2ncc(C(=O)N[C@@H]3C[C@H]3c3ccccc3F)cc2N1. The number of hydrogen-bond acceptors (Lipinski definition) is 4. The molecule has 0 unspecified atom stereocenters. The fourth-order valence-electron chi connectivity index (χ4n) is 2.83. The minimum absolute atomic E-state index is 0.0104. The first-order chi connectivity index (χ1) is 11.6. The second-order valence-electron chi connectivity index (χ2n) is 5.86. The van der Waals surface area contributed by atoms with Gasteiger partial charge >= 0.3 is 0 Å². The van der Waals surface area contributed by atoms with Gasteiger partial charge in [-0.15, -0.1) is 0 Å². The molecule has 2 amide bonds. The summed E-state index contributed by atoms with van der Waals surface area (Å²) in [5.74, 6) is -0.572. The van der Waals surface area contributed by atoms with Crippen LogP contribution in [0.2, 0.25) is 0 Å². The van der Waals surface area contributed by atoms with Crippen LogP contribution in [0.5, 0.6) is 5.88 Å². The first-order valence-electron chi connectivity index (χ1n) is 7.60. The Morgan fingerprint density at radius 2 is 2.21 bits per heavy atom. The molecule has 1 aliphatic heterocycles. The molecule has 1 aliphatic carbocycles. The van der Waals surface area contributed by atoms with E-state index in [1.165, 1.54) is 18.3 Å². The van der Waals surface area contributed by atoms with Gasteiger partial charge in [-0.25, -0.2) is 9.37 Å². The summed E-state index contributed by atoms with van der Waals surface area (Å²) in [4.78, 5) is 27.7. The van der Waals surface area contributed by atoms with Crippen molar-refractivity contribution in [1.29, 1.82) is 0 Å². The zero-order valence-electron chi connectivity index (χ0n) is 12.6. The van der Waals surface area contributed by atoms with Crippen molar-refractivity contribution in [3.8, 4) is 5.88 Å². The van der Waals surface area contributed by atoms with Crippen LogP contribution in [-0.4, -0.2) is 29.4 Å². The topological polar surface area (TPSA) is 80.3 Å². The van der Waals surface area contributed by atoms with Crippen molar-refractivity contribution < 1.29 is 18.7 Å². The minimum Gasteiger partial charge on any atom is -0.466 e. The van der Waals surface area contributed by atoms with Crippen LogP contribution in [0.1, 0.15) is 28.3 Å². The van der Waals surface area contributed by atoms with Crippen molar-refractivity contribution >= 4 is 17.5 Å². The van der Waals surface area contributed by atoms with Gasteiger partial charge in [0, 0.05) is 18.2 Å². The number of ether oxygens (including phenoxy) is 1. The summed E-state index contributed by atoms with van der Waals surface area (Å²) in [5.41, 5.74) is 1.31. The van der Waals surface area contributed by atoms with E-state index in [9.17, 15) is 14.0 Å². The molecule has 2 aliphatic rings. The molecule has 0 spiro atoms. The van der Waals surface area contributed by atoms with Crippen molar-refractivity contribution in [2.75, 3.05) is 11.9 Å². The second kappa shape index (κ2) is 5.59. The number of anilines is 1. The Morgan fingerprint density at radius 3 is 3.04 bits per heavy atom. The fraction of sp³-hybridized carbons (Fsp3) is 0.235. The molecule has 1 aromatic carbocycles. The van der Waals surface area contributed by atoms with Crippen LogP contribution in [0.3, 0.4) is 0 Å². The Kier molecular flexibility index (Phi) is 3.41. The average Bonchev–Trinajstić information content (AvgIpc) is 3.33. The van der Waals surface area contributed by atoms with Gasteiger partial charge < -0.3 is 15.4 Å². The van der Waals surface area contributed by atoms with E-state index in [0.717, 1.165) is 0 Å². The molecule has 4 rings (SSSR count). The third kappa shape index (κ3) is 2.68. The van der Waals surface area contributed by atoms with Crippen molar-refractivity contribution in [1.82, 2.24) is 10.3 Å². The zero-order chi connectivity index (χ0) is 16.7. The Hall–Kier alpha value is -2.96. The van der Waals surface area contributed by atoms with Crippen LogP contribution in [0.25, 0.3) is 0 Å². The monoisotopic (exact) mass is 327 g/mol. The molecule has 1 aromatic heterocycles. The summed E-state index contributed by atoms with van der Waals surface area (Å²) in [6.45, 7) is -0.0854. The van der Waals surface area contributed by atoms with Crippen molar-refractivity contribution in [2.45, 2.75) is 18.4 Å². The lowest BCUT2D eigenvalue weighted by Gasteiger charge is -2.17. The van der Waals surface area contributed by atoms with E-state index in [2.05, 4.69) is 15.6 Å². The molecular weight excluding hydrogens is 313 g/mol.